The average Bonchev–Trinajstić information content (AvgIpc) is 3.19. The van der Waals surface area contributed by atoms with E-state index in [9.17, 15) is 18.4 Å². The number of amides is 2. The molecule has 0 radical (unpaired) electrons. The molecule has 1 fully saturated rings. The third-order valence-corrected chi connectivity index (χ3v) is 5.87. The lowest BCUT2D eigenvalue weighted by atomic mass is 9.78. The van der Waals surface area contributed by atoms with E-state index in [0.717, 1.165) is 23.5 Å². The summed E-state index contributed by atoms with van der Waals surface area (Å²) in [6, 6.07) is 2.95. The van der Waals surface area contributed by atoms with Crippen LogP contribution in [0.4, 0.5) is 8.78 Å². The minimum absolute atomic E-state index is 0.0229. The average molecular weight is 404 g/mol. The summed E-state index contributed by atoms with van der Waals surface area (Å²) in [7, 11) is 1.48. The monoisotopic (exact) mass is 404 g/mol. The summed E-state index contributed by atoms with van der Waals surface area (Å²) in [6.07, 6.45) is 3.27. The van der Waals surface area contributed by atoms with Crippen molar-refractivity contribution in [2.24, 2.45) is 0 Å². The van der Waals surface area contributed by atoms with Crippen molar-refractivity contribution in [2.75, 3.05) is 33.4 Å². The van der Waals surface area contributed by atoms with Gasteiger partial charge in [0, 0.05) is 44.9 Å². The number of rotatable bonds is 3. The van der Waals surface area contributed by atoms with Crippen molar-refractivity contribution in [3.8, 4) is 0 Å². The smallest absolute Gasteiger partial charge is 0.256 e. The molecule has 0 bridgehead atoms. The zero-order valence-electron chi connectivity index (χ0n) is 16.1. The minimum Gasteiger partial charge on any atom is -0.375 e. The number of nitrogens with one attached hydrogen (secondary N) is 1. The van der Waals surface area contributed by atoms with E-state index in [1.165, 1.54) is 7.11 Å². The second-order valence-electron chi connectivity index (χ2n) is 7.41. The number of ether oxygens (including phenoxy) is 1. The van der Waals surface area contributed by atoms with Crippen LogP contribution in [0.2, 0.25) is 0 Å². The highest BCUT2D eigenvalue weighted by Crippen LogP contribution is 2.42. The van der Waals surface area contributed by atoms with Crippen molar-refractivity contribution in [3.05, 3.63) is 53.1 Å². The Labute approximate surface area is 166 Å². The van der Waals surface area contributed by atoms with Crippen LogP contribution in [0.25, 0.3) is 0 Å². The van der Waals surface area contributed by atoms with Crippen LogP contribution in [0.15, 0.2) is 24.5 Å². The van der Waals surface area contributed by atoms with Crippen LogP contribution in [0.5, 0.6) is 0 Å². The highest BCUT2D eigenvalue weighted by Gasteiger charge is 2.49. The maximum Gasteiger partial charge on any atom is 0.256 e. The molecule has 2 aliphatic rings. The Hall–Kier alpha value is -2.81. The number of carbonyl (C=O) groups excluding carboxylic acids is 2. The van der Waals surface area contributed by atoms with E-state index in [0.29, 0.717) is 45.0 Å². The van der Waals surface area contributed by atoms with Gasteiger partial charge in [-0.1, -0.05) is 0 Å². The maximum atomic E-state index is 14.0. The van der Waals surface area contributed by atoms with Crippen molar-refractivity contribution in [1.29, 1.82) is 0 Å². The SMILES string of the molecule is COCC(=O)N1CCc2[nH]cnc2C12CCN(C(=O)c1ccc(F)cc1F)CC2. The number of hydrogen-bond acceptors (Lipinski definition) is 4. The number of halogens is 2. The largest absolute Gasteiger partial charge is 0.375 e. The van der Waals surface area contributed by atoms with Crippen molar-refractivity contribution < 1.29 is 23.1 Å². The minimum atomic E-state index is -0.876. The number of methoxy groups -OCH3 is 1. The Morgan fingerprint density at radius 1 is 1.24 bits per heavy atom. The van der Waals surface area contributed by atoms with E-state index in [2.05, 4.69) is 9.97 Å². The van der Waals surface area contributed by atoms with Gasteiger partial charge in [-0.25, -0.2) is 13.8 Å². The molecule has 2 aliphatic heterocycles. The first kappa shape index (κ1) is 19.5. The molecule has 1 aromatic carbocycles. The quantitative estimate of drug-likeness (QED) is 0.847. The number of hydrogen-bond donors (Lipinski definition) is 1. The van der Waals surface area contributed by atoms with Crippen LogP contribution in [0.1, 0.15) is 34.6 Å². The van der Waals surface area contributed by atoms with Crippen molar-refractivity contribution >= 4 is 11.8 Å². The molecule has 29 heavy (non-hydrogen) atoms. The number of likely N-dealkylation sites (tertiary alicyclic amines) is 1. The summed E-state index contributed by atoms with van der Waals surface area (Å²) in [5, 5.41) is 0. The lowest BCUT2D eigenvalue weighted by Gasteiger charge is -2.50. The van der Waals surface area contributed by atoms with Crippen molar-refractivity contribution in [2.45, 2.75) is 24.8 Å². The van der Waals surface area contributed by atoms with Gasteiger partial charge < -0.3 is 19.5 Å². The van der Waals surface area contributed by atoms with E-state index in [-0.39, 0.29) is 18.1 Å². The topological polar surface area (TPSA) is 78.5 Å². The van der Waals surface area contributed by atoms with Gasteiger partial charge in [0.15, 0.2) is 0 Å². The maximum absolute atomic E-state index is 14.0. The van der Waals surface area contributed by atoms with E-state index in [1.54, 1.807) is 16.1 Å². The second-order valence-corrected chi connectivity index (χ2v) is 7.41. The third kappa shape index (κ3) is 3.29. The molecule has 1 saturated heterocycles. The van der Waals surface area contributed by atoms with Gasteiger partial charge in [-0.05, 0) is 25.0 Å². The van der Waals surface area contributed by atoms with Crippen LogP contribution in [0, 0.1) is 11.6 Å². The Morgan fingerprint density at radius 3 is 2.69 bits per heavy atom. The first-order chi connectivity index (χ1) is 14.0. The Kier molecular flexibility index (Phi) is 5.08. The predicted octanol–water partition coefficient (Wildman–Crippen LogP) is 1.85. The highest BCUT2D eigenvalue weighted by atomic mass is 19.1. The fraction of sp³-hybridized carbons (Fsp3) is 0.450. The molecule has 7 nitrogen and oxygen atoms in total. The number of aromatic nitrogens is 2. The fourth-order valence-electron chi connectivity index (χ4n) is 4.46. The number of nitrogens with zero attached hydrogens (tertiary/aromatic N) is 3. The van der Waals surface area contributed by atoms with Gasteiger partial charge in [-0.3, -0.25) is 9.59 Å². The standard InChI is InChI=1S/C20H22F2N4O3/c1-29-11-17(27)26-7-4-16-18(24-12-23-16)20(26)5-8-25(9-6-20)19(28)14-3-2-13(21)10-15(14)22/h2-3,10,12H,4-9,11H2,1H3,(H,23,24). The fourth-order valence-corrected chi connectivity index (χ4v) is 4.46. The normalized spacial score (nSPS) is 18.0. The zero-order valence-corrected chi connectivity index (χ0v) is 16.1. The summed E-state index contributed by atoms with van der Waals surface area (Å²) in [5.74, 6) is -2.20. The molecule has 0 saturated carbocycles. The molecule has 0 unspecified atom stereocenters. The summed E-state index contributed by atoms with van der Waals surface area (Å²) < 4.78 is 32.2. The van der Waals surface area contributed by atoms with E-state index in [1.807, 2.05) is 0 Å². The Morgan fingerprint density at radius 2 is 2.00 bits per heavy atom. The summed E-state index contributed by atoms with van der Waals surface area (Å²) in [6.45, 7) is 1.18. The zero-order chi connectivity index (χ0) is 20.6. The number of piperidine rings is 1. The molecule has 0 atom stereocenters. The van der Waals surface area contributed by atoms with Crippen molar-refractivity contribution in [3.63, 3.8) is 0 Å². The predicted molar refractivity (Wildman–Crippen MR) is 99.1 cm³/mol. The van der Waals surface area contributed by atoms with Gasteiger partial charge in [0.05, 0.1) is 23.1 Å². The summed E-state index contributed by atoms with van der Waals surface area (Å²) in [5.41, 5.74) is 1.05. The number of benzene rings is 1. The van der Waals surface area contributed by atoms with Gasteiger partial charge in [-0.15, -0.1) is 0 Å². The van der Waals surface area contributed by atoms with Crippen LogP contribution >= 0.6 is 0 Å². The van der Waals surface area contributed by atoms with Crippen LogP contribution in [-0.4, -0.2) is 64.9 Å². The molecule has 1 spiro atoms. The number of H-pyrrole nitrogens is 1. The van der Waals surface area contributed by atoms with Gasteiger partial charge in [0.25, 0.3) is 5.91 Å². The molecule has 154 valence electrons. The van der Waals surface area contributed by atoms with Crippen LogP contribution in [-0.2, 0) is 21.5 Å². The molecule has 2 aromatic rings. The molecule has 9 heteroatoms. The molecule has 1 aromatic heterocycles. The molecule has 0 aliphatic carbocycles. The van der Waals surface area contributed by atoms with Crippen LogP contribution in [0.3, 0.4) is 0 Å². The highest BCUT2D eigenvalue weighted by molar-refractivity contribution is 5.94. The van der Waals surface area contributed by atoms with Gasteiger partial charge in [0.2, 0.25) is 5.91 Å². The third-order valence-electron chi connectivity index (χ3n) is 5.87. The first-order valence-corrected chi connectivity index (χ1v) is 9.53. The molecule has 3 heterocycles. The van der Waals surface area contributed by atoms with Gasteiger partial charge in [0.1, 0.15) is 18.2 Å². The molecule has 2 amide bonds. The molecular formula is C20H22F2N4O3. The van der Waals surface area contributed by atoms with E-state index >= 15 is 0 Å². The van der Waals surface area contributed by atoms with Gasteiger partial charge >= 0.3 is 0 Å². The van der Waals surface area contributed by atoms with E-state index < -0.39 is 23.1 Å². The first-order valence-electron chi connectivity index (χ1n) is 9.53. The Bertz CT molecular complexity index is 938. The Balaban J connectivity index is 1.58. The molecule has 1 N–H and O–H groups in total. The number of imidazole rings is 1. The van der Waals surface area contributed by atoms with Gasteiger partial charge in [-0.2, -0.15) is 0 Å². The number of carbonyl (C=O) groups is 2. The molecular weight excluding hydrogens is 382 g/mol. The van der Waals surface area contributed by atoms with E-state index in [4.69, 9.17) is 4.74 Å². The lowest BCUT2D eigenvalue weighted by Crippen LogP contribution is -2.59. The number of aromatic amines is 1. The van der Waals surface area contributed by atoms with Crippen LogP contribution < -0.4 is 0 Å². The molecule has 4 rings (SSSR count). The second kappa shape index (κ2) is 7.55. The lowest BCUT2D eigenvalue weighted by molar-refractivity contribution is -0.145. The van der Waals surface area contributed by atoms with Crippen molar-refractivity contribution in [1.82, 2.24) is 19.8 Å². The number of fused-ring (bicyclic) bond motifs is 2. The summed E-state index contributed by atoms with van der Waals surface area (Å²) >= 11 is 0. The summed E-state index contributed by atoms with van der Waals surface area (Å²) in [4.78, 5) is 36.5.